The highest BCUT2D eigenvalue weighted by Gasteiger charge is 2.08. The quantitative estimate of drug-likeness (QED) is 0.780. The summed E-state index contributed by atoms with van der Waals surface area (Å²) in [5, 5.41) is 18.6. The molecule has 0 radical (unpaired) electrons. The minimum Gasteiger partial charge on any atom is -0.480 e. The second-order valence-corrected chi connectivity index (χ2v) is 3.74. The van der Waals surface area contributed by atoms with E-state index in [9.17, 15) is 9.59 Å². The molecule has 2 N–H and O–H groups in total. The maximum atomic E-state index is 11.7. The molecule has 2 heterocycles. The van der Waals surface area contributed by atoms with Crippen molar-refractivity contribution in [3.05, 3.63) is 36.3 Å². The standard InChI is InChI=1S/C11H11N5O3/c17-10(4-8-2-1-3-12-5-8)14-9-6-13-16(15-9)7-11(18)19/h1-3,5-6H,4,7H2,(H,18,19)(H,14,15,17). The van der Waals surface area contributed by atoms with Crippen molar-refractivity contribution in [3.63, 3.8) is 0 Å². The second kappa shape index (κ2) is 5.71. The van der Waals surface area contributed by atoms with E-state index in [0.717, 1.165) is 10.4 Å². The number of aromatic nitrogens is 4. The van der Waals surface area contributed by atoms with Crippen molar-refractivity contribution >= 4 is 17.7 Å². The molecule has 2 rings (SSSR count). The molecule has 0 aliphatic heterocycles. The third kappa shape index (κ3) is 3.87. The molecule has 0 saturated carbocycles. The van der Waals surface area contributed by atoms with Crippen molar-refractivity contribution in [2.75, 3.05) is 5.32 Å². The Morgan fingerprint density at radius 1 is 1.37 bits per heavy atom. The second-order valence-electron chi connectivity index (χ2n) is 3.74. The van der Waals surface area contributed by atoms with Gasteiger partial charge >= 0.3 is 5.97 Å². The zero-order valence-corrected chi connectivity index (χ0v) is 9.85. The summed E-state index contributed by atoms with van der Waals surface area (Å²) in [5.74, 6) is -1.10. The zero-order chi connectivity index (χ0) is 13.7. The van der Waals surface area contributed by atoms with Gasteiger partial charge in [-0.3, -0.25) is 14.6 Å². The van der Waals surface area contributed by atoms with E-state index in [2.05, 4.69) is 20.5 Å². The fraction of sp³-hybridized carbons (Fsp3) is 0.182. The number of nitrogens with one attached hydrogen (secondary N) is 1. The van der Waals surface area contributed by atoms with Gasteiger partial charge in [0.15, 0.2) is 12.4 Å². The third-order valence-electron chi connectivity index (χ3n) is 2.17. The summed E-state index contributed by atoms with van der Waals surface area (Å²) in [7, 11) is 0. The number of rotatable bonds is 5. The number of carboxylic acid groups (broad SMARTS) is 1. The van der Waals surface area contributed by atoms with Crippen LogP contribution in [0.3, 0.4) is 0 Å². The highest BCUT2D eigenvalue weighted by molar-refractivity contribution is 5.91. The Morgan fingerprint density at radius 2 is 2.21 bits per heavy atom. The van der Waals surface area contributed by atoms with Crippen molar-refractivity contribution in [2.24, 2.45) is 0 Å². The van der Waals surface area contributed by atoms with Crippen molar-refractivity contribution < 1.29 is 14.7 Å². The normalized spacial score (nSPS) is 10.1. The SMILES string of the molecule is O=C(O)Cn1ncc(NC(=O)Cc2cccnc2)n1. The van der Waals surface area contributed by atoms with Crippen LogP contribution in [-0.4, -0.2) is 37.0 Å². The minimum atomic E-state index is -1.05. The van der Waals surface area contributed by atoms with Gasteiger partial charge in [-0.25, -0.2) is 0 Å². The number of carbonyl (C=O) groups is 2. The van der Waals surface area contributed by atoms with E-state index in [1.807, 2.05) is 0 Å². The summed E-state index contributed by atoms with van der Waals surface area (Å²) in [6.45, 7) is -0.349. The molecule has 98 valence electrons. The van der Waals surface area contributed by atoms with Crippen LogP contribution in [0.25, 0.3) is 0 Å². The lowest BCUT2D eigenvalue weighted by Gasteiger charge is -2.00. The molecule has 0 atom stereocenters. The average molecular weight is 261 g/mol. The first-order chi connectivity index (χ1) is 9.13. The van der Waals surface area contributed by atoms with E-state index in [4.69, 9.17) is 5.11 Å². The molecule has 2 aromatic rings. The number of anilines is 1. The molecule has 0 aromatic carbocycles. The first-order valence-electron chi connectivity index (χ1n) is 5.44. The van der Waals surface area contributed by atoms with Gasteiger partial charge in [-0.05, 0) is 11.6 Å². The van der Waals surface area contributed by atoms with Gasteiger partial charge in [0.2, 0.25) is 5.91 Å². The van der Waals surface area contributed by atoms with Crippen LogP contribution in [0.15, 0.2) is 30.7 Å². The monoisotopic (exact) mass is 261 g/mol. The molecule has 2 aromatic heterocycles. The summed E-state index contributed by atoms with van der Waals surface area (Å²) in [6, 6.07) is 3.53. The maximum Gasteiger partial charge on any atom is 0.327 e. The van der Waals surface area contributed by atoms with Crippen LogP contribution in [0.2, 0.25) is 0 Å². The number of pyridine rings is 1. The Balaban J connectivity index is 1.92. The molecule has 1 amide bonds. The van der Waals surface area contributed by atoms with Crippen LogP contribution in [-0.2, 0) is 22.6 Å². The van der Waals surface area contributed by atoms with Crippen molar-refractivity contribution in [1.29, 1.82) is 0 Å². The van der Waals surface area contributed by atoms with E-state index in [0.29, 0.717) is 0 Å². The van der Waals surface area contributed by atoms with E-state index in [1.165, 1.54) is 6.20 Å². The minimum absolute atomic E-state index is 0.166. The molecule has 0 saturated heterocycles. The molecule has 19 heavy (non-hydrogen) atoms. The number of carbonyl (C=O) groups excluding carboxylic acids is 1. The molecule has 0 spiro atoms. The Labute approximate surface area is 108 Å². The summed E-state index contributed by atoms with van der Waals surface area (Å²) in [4.78, 5) is 27.0. The Kier molecular flexibility index (Phi) is 3.81. The molecule has 8 nitrogen and oxygen atoms in total. The summed E-state index contributed by atoms with van der Waals surface area (Å²) in [6.07, 6.45) is 4.68. The van der Waals surface area contributed by atoms with Gasteiger partial charge in [0, 0.05) is 12.4 Å². The number of hydrogen-bond acceptors (Lipinski definition) is 5. The van der Waals surface area contributed by atoms with Gasteiger partial charge in [0.25, 0.3) is 0 Å². The lowest BCUT2D eigenvalue weighted by Crippen LogP contribution is -2.16. The van der Waals surface area contributed by atoms with Gasteiger partial charge in [-0.1, -0.05) is 6.07 Å². The molecule has 0 bridgehead atoms. The van der Waals surface area contributed by atoms with Crippen LogP contribution < -0.4 is 5.32 Å². The number of amides is 1. The maximum absolute atomic E-state index is 11.7. The lowest BCUT2D eigenvalue weighted by atomic mass is 10.2. The topological polar surface area (TPSA) is 110 Å². The van der Waals surface area contributed by atoms with Gasteiger partial charge in [-0.15, -0.1) is 5.10 Å². The van der Waals surface area contributed by atoms with Crippen molar-refractivity contribution in [3.8, 4) is 0 Å². The molecule has 0 unspecified atom stereocenters. The number of hydrogen-bond donors (Lipinski definition) is 2. The number of nitrogens with zero attached hydrogens (tertiary/aromatic N) is 4. The van der Waals surface area contributed by atoms with Gasteiger partial charge in [-0.2, -0.15) is 9.90 Å². The van der Waals surface area contributed by atoms with Crippen molar-refractivity contribution in [2.45, 2.75) is 13.0 Å². The van der Waals surface area contributed by atoms with E-state index >= 15 is 0 Å². The molecule has 0 aliphatic rings. The Morgan fingerprint density at radius 3 is 2.89 bits per heavy atom. The molecular weight excluding hydrogens is 250 g/mol. The number of carboxylic acids is 1. The van der Waals surface area contributed by atoms with E-state index < -0.39 is 5.97 Å². The summed E-state index contributed by atoms with van der Waals surface area (Å²) < 4.78 is 0. The first-order valence-corrected chi connectivity index (χ1v) is 5.44. The van der Waals surface area contributed by atoms with Crippen LogP contribution in [0, 0.1) is 0 Å². The highest BCUT2D eigenvalue weighted by atomic mass is 16.4. The molecular formula is C11H11N5O3. The third-order valence-corrected chi connectivity index (χ3v) is 2.17. The summed E-state index contributed by atoms with van der Waals surface area (Å²) >= 11 is 0. The molecule has 0 aliphatic carbocycles. The Hall–Kier alpha value is -2.77. The summed E-state index contributed by atoms with van der Waals surface area (Å²) in [5.41, 5.74) is 0.776. The molecule has 8 heteroatoms. The predicted molar refractivity (Wildman–Crippen MR) is 64.2 cm³/mol. The fourth-order valence-corrected chi connectivity index (χ4v) is 1.43. The van der Waals surface area contributed by atoms with Crippen LogP contribution in [0.1, 0.15) is 5.56 Å². The lowest BCUT2D eigenvalue weighted by molar-refractivity contribution is -0.138. The number of aliphatic carboxylic acids is 1. The first kappa shape index (κ1) is 12.7. The van der Waals surface area contributed by atoms with Crippen LogP contribution in [0.4, 0.5) is 5.82 Å². The predicted octanol–water partition coefficient (Wildman–Crippen LogP) is -0.0611. The highest BCUT2D eigenvalue weighted by Crippen LogP contribution is 2.02. The fourth-order valence-electron chi connectivity index (χ4n) is 1.43. The van der Waals surface area contributed by atoms with Gasteiger partial charge < -0.3 is 10.4 Å². The van der Waals surface area contributed by atoms with Crippen LogP contribution >= 0.6 is 0 Å². The van der Waals surface area contributed by atoms with Crippen LogP contribution in [0.5, 0.6) is 0 Å². The van der Waals surface area contributed by atoms with E-state index in [-0.39, 0.29) is 24.7 Å². The van der Waals surface area contributed by atoms with Gasteiger partial charge in [0.1, 0.15) is 0 Å². The van der Waals surface area contributed by atoms with E-state index in [1.54, 1.807) is 24.5 Å². The largest absolute Gasteiger partial charge is 0.480 e. The molecule has 0 fully saturated rings. The Bertz CT molecular complexity index is 581. The van der Waals surface area contributed by atoms with Crippen molar-refractivity contribution in [1.82, 2.24) is 20.0 Å². The van der Waals surface area contributed by atoms with Gasteiger partial charge in [0.05, 0.1) is 12.6 Å². The smallest absolute Gasteiger partial charge is 0.327 e. The zero-order valence-electron chi connectivity index (χ0n) is 9.85. The average Bonchev–Trinajstić information content (AvgIpc) is 2.76.